The fraction of sp³-hybridized carbons (Fsp3) is 0.440. The molecule has 5 heteroatoms. The fourth-order valence-electron chi connectivity index (χ4n) is 3.85. The molecule has 30 heavy (non-hydrogen) atoms. The summed E-state index contributed by atoms with van der Waals surface area (Å²) in [7, 11) is 0. The Kier molecular flexibility index (Phi) is 7.63. The van der Waals surface area contributed by atoms with E-state index < -0.39 is 0 Å². The predicted octanol–water partition coefficient (Wildman–Crippen LogP) is 4.41. The van der Waals surface area contributed by atoms with E-state index in [9.17, 15) is 9.59 Å². The highest BCUT2D eigenvalue weighted by Crippen LogP contribution is 2.35. The quantitative estimate of drug-likeness (QED) is 0.635. The van der Waals surface area contributed by atoms with Crippen LogP contribution in [0.25, 0.3) is 0 Å². The molecule has 0 heterocycles. The van der Waals surface area contributed by atoms with Crippen molar-refractivity contribution < 1.29 is 9.59 Å². The molecule has 2 aromatic rings. The smallest absolute Gasteiger partial charge is 0.253 e. The summed E-state index contributed by atoms with van der Waals surface area (Å²) >= 11 is 0. The van der Waals surface area contributed by atoms with Crippen molar-refractivity contribution in [1.82, 2.24) is 9.80 Å². The highest BCUT2D eigenvalue weighted by Gasteiger charge is 2.32. The maximum absolute atomic E-state index is 12.8. The maximum atomic E-state index is 12.8. The van der Waals surface area contributed by atoms with Crippen LogP contribution in [-0.4, -0.2) is 47.3 Å². The monoisotopic (exact) mass is 407 g/mol. The minimum atomic E-state index is -0.0501. The molecule has 1 N–H and O–H groups in total. The third-order valence-corrected chi connectivity index (χ3v) is 5.90. The van der Waals surface area contributed by atoms with Crippen molar-refractivity contribution >= 4 is 17.5 Å². The molecule has 1 fully saturated rings. The number of anilines is 1. The van der Waals surface area contributed by atoms with E-state index in [0.29, 0.717) is 42.8 Å². The van der Waals surface area contributed by atoms with Gasteiger partial charge in [-0.15, -0.1) is 0 Å². The van der Waals surface area contributed by atoms with Crippen LogP contribution < -0.4 is 5.32 Å². The van der Waals surface area contributed by atoms with Crippen molar-refractivity contribution in [2.24, 2.45) is 5.92 Å². The number of benzene rings is 2. The molecule has 0 radical (unpaired) electrons. The molecule has 1 aliphatic rings. The molecule has 1 aliphatic carbocycles. The van der Waals surface area contributed by atoms with E-state index in [4.69, 9.17) is 0 Å². The third-order valence-electron chi connectivity index (χ3n) is 5.90. The van der Waals surface area contributed by atoms with Crippen LogP contribution in [0, 0.1) is 5.92 Å². The van der Waals surface area contributed by atoms with Crippen molar-refractivity contribution in [2.75, 3.05) is 25.0 Å². The largest absolute Gasteiger partial charge is 0.339 e. The molecule has 1 unspecified atom stereocenters. The lowest BCUT2D eigenvalue weighted by molar-refractivity contribution is -0.118. The van der Waals surface area contributed by atoms with Crippen LogP contribution >= 0.6 is 0 Å². The maximum Gasteiger partial charge on any atom is 0.253 e. The molecule has 0 spiro atoms. The van der Waals surface area contributed by atoms with E-state index in [0.717, 1.165) is 6.54 Å². The number of amides is 2. The Morgan fingerprint density at radius 2 is 1.73 bits per heavy atom. The number of nitrogens with zero attached hydrogens (tertiary/aromatic N) is 2. The number of nitrogens with one attached hydrogen (secondary N) is 1. The second-order valence-electron chi connectivity index (χ2n) is 8.08. The van der Waals surface area contributed by atoms with Crippen molar-refractivity contribution in [3.05, 3.63) is 65.7 Å². The zero-order chi connectivity index (χ0) is 21.5. The molecule has 160 valence electrons. The van der Waals surface area contributed by atoms with Crippen LogP contribution in [0.3, 0.4) is 0 Å². The van der Waals surface area contributed by atoms with Gasteiger partial charge in [-0.05, 0) is 63.3 Å². The standard InChI is InChI=1S/C25H33N3O2/c1-4-27(5-2)25(30)22-12-9-13-23(16-22)26-24(29)18-28(19(3)21-14-15-21)17-20-10-7-6-8-11-20/h6-13,16,19,21H,4-5,14-15,17-18H2,1-3H3,(H,26,29). The molecule has 0 saturated heterocycles. The summed E-state index contributed by atoms with van der Waals surface area (Å²) in [4.78, 5) is 29.5. The van der Waals surface area contributed by atoms with Gasteiger partial charge >= 0.3 is 0 Å². The molecule has 1 atom stereocenters. The SMILES string of the molecule is CCN(CC)C(=O)c1cccc(NC(=O)CN(Cc2ccccc2)C(C)C2CC2)c1. The van der Waals surface area contributed by atoms with Gasteiger partial charge in [0, 0.05) is 36.9 Å². The van der Waals surface area contributed by atoms with Gasteiger partial charge < -0.3 is 10.2 Å². The van der Waals surface area contributed by atoms with Gasteiger partial charge in [0.1, 0.15) is 0 Å². The van der Waals surface area contributed by atoms with Gasteiger partial charge in [-0.2, -0.15) is 0 Å². The first-order valence-corrected chi connectivity index (χ1v) is 11.0. The number of hydrogen-bond acceptors (Lipinski definition) is 3. The first-order valence-electron chi connectivity index (χ1n) is 11.0. The second kappa shape index (κ2) is 10.4. The van der Waals surface area contributed by atoms with Crippen molar-refractivity contribution in [2.45, 2.75) is 46.2 Å². The zero-order valence-corrected chi connectivity index (χ0v) is 18.3. The zero-order valence-electron chi connectivity index (χ0n) is 18.3. The van der Waals surface area contributed by atoms with E-state index in [1.54, 1.807) is 17.0 Å². The average molecular weight is 408 g/mol. The molecular formula is C25H33N3O2. The Morgan fingerprint density at radius 3 is 2.37 bits per heavy atom. The highest BCUT2D eigenvalue weighted by molar-refractivity contribution is 5.97. The van der Waals surface area contributed by atoms with Crippen LogP contribution in [0.15, 0.2) is 54.6 Å². The van der Waals surface area contributed by atoms with E-state index in [1.165, 1.54) is 18.4 Å². The summed E-state index contributed by atoms with van der Waals surface area (Å²) < 4.78 is 0. The van der Waals surface area contributed by atoms with Crippen molar-refractivity contribution in [1.29, 1.82) is 0 Å². The lowest BCUT2D eigenvalue weighted by Crippen LogP contribution is -2.40. The second-order valence-corrected chi connectivity index (χ2v) is 8.08. The van der Waals surface area contributed by atoms with Gasteiger partial charge in [0.25, 0.3) is 5.91 Å². The summed E-state index contributed by atoms with van der Waals surface area (Å²) in [5, 5.41) is 2.99. The molecule has 0 aliphatic heterocycles. The van der Waals surface area contributed by atoms with Gasteiger partial charge in [0.2, 0.25) is 5.91 Å². The lowest BCUT2D eigenvalue weighted by Gasteiger charge is -2.28. The number of hydrogen-bond donors (Lipinski definition) is 1. The Labute approximate surface area is 180 Å². The van der Waals surface area contributed by atoms with Crippen LogP contribution in [0.1, 0.15) is 49.5 Å². The fourth-order valence-corrected chi connectivity index (χ4v) is 3.85. The molecule has 0 aromatic heterocycles. The molecule has 5 nitrogen and oxygen atoms in total. The molecular weight excluding hydrogens is 374 g/mol. The first kappa shape index (κ1) is 22.0. The van der Waals surface area contributed by atoms with E-state index in [2.05, 4.69) is 29.3 Å². The lowest BCUT2D eigenvalue weighted by atomic mass is 10.1. The predicted molar refractivity (Wildman–Crippen MR) is 121 cm³/mol. The number of carbonyl (C=O) groups is 2. The van der Waals surface area contributed by atoms with Gasteiger partial charge in [-0.25, -0.2) is 0 Å². The summed E-state index contributed by atoms with van der Waals surface area (Å²) in [5.41, 5.74) is 2.48. The summed E-state index contributed by atoms with van der Waals surface area (Å²) in [6, 6.07) is 17.9. The van der Waals surface area contributed by atoms with Gasteiger partial charge in [0.15, 0.2) is 0 Å². The van der Waals surface area contributed by atoms with Crippen LogP contribution in [0.2, 0.25) is 0 Å². The van der Waals surface area contributed by atoms with Crippen LogP contribution in [0.4, 0.5) is 5.69 Å². The Morgan fingerprint density at radius 1 is 1.03 bits per heavy atom. The van der Waals surface area contributed by atoms with Crippen LogP contribution in [0.5, 0.6) is 0 Å². The first-order chi connectivity index (χ1) is 14.5. The minimum absolute atomic E-state index is 0.0100. The van der Waals surface area contributed by atoms with Gasteiger partial charge in [-0.1, -0.05) is 36.4 Å². The van der Waals surface area contributed by atoms with Crippen molar-refractivity contribution in [3.8, 4) is 0 Å². The molecule has 0 bridgehead atoms. The van der Waals surface area contributed by atoms with E-state index in [-0.39, 0.29) is 11.8 Å². The van der Waals surface area contributed by atoms with E-state index in [1.807, 2.05) is 44.2 Å². The van der Waals surface area contributed by atoms with Crippen molar-refractivity contribution in [3.63, 3.8) is 0 Å². The summed E-state index contributed by atoms with van der Waals surface area (Å²) in [6.07, 6.45) is 2.48. The summed E-state index contributed by atoms with van der Waals surface area (Å²) in [6.45, 7) is 8.58. The van der Waals surface area contributed by atoms with E-state index >= 15 is 0 Å². The Balaban J connectivity index is 1.66. The third kappa shape index (κ3) is 5.92. The molecule has 3 rings (SSSR count). The van der Waals surface area contributed by atoms with Crippen LogP contribution in [-0.2, 0) is 11.3 Å². The molecule has 1 saturated carbocycles. The number of rotatable bonds is 10. The highest BCUT2D eigenvalue weighted by atomic mass is 16.2. The Bertz CT molecular complexity index is 844. The normalized spacial score (nSPS) is 14.4. The molecule has 2 aromatic carbocycles. The Hall–Kier alpha value is -2.66. The number of carbonyl (C=O) groups excluding carboxylic acids is 2. The topological polar surface area (TPSA) is 52.7 Å². The van der Waals surface area contributed by atoms with Gasteiger partial charge in [0.05, 0.1) is 6.54 Å². The average Bonchev–Trinajstić information content (AvgIpc) is 3.60. The van der Waals surface area contributed by atoms with Gasteiger partial charge in [-0.3, -0.25) is 14.5 Å². The molecule has 2 amide bonds. The minimum Gasteiger partial charge on any atom is -0.339 e. The summed E-state index contributed by atoms with van der Waals surface area (Å²) in [5.74, 6) is 0.617.